The molecule has 2 rings (SSSR count). The fraction of sp³-hybridized carbons (Fsp3) is 0.556. The van der Waals surface area contributed by atoms with E-state index in [9.17, 15) is 0 Å². The highest BCUT2D eigenvalue weighted by Gasteiger charge is 2.14. The molecule has 1 N–H and O–H groups in total. The minimum atomic E-state index is 0.662. The van der Waals surface area contributed by atoms with E-state index < -0.39 is 0 Å². The Labute approximate surface area is 67.6 Å². The van der Waals surface area contributed by atoms with Crippen molar-refractivity contribution in [1.82, 2.24) is 10.2 Å². The molecule has 0 amide bonds. The van der Waals surface area contributed by atoms with Crippen LogP contribution in [0.3, 0.4) is 0 Å². The van der Waals surface area contributed by atoms with Crippen molar-refractivity contribution in [1.29, 1.82) is 0 Å². The normalized spacial score (nSPS) is 25.5. The molecule has 0 saturated carbocycles. The van der Waals surface area contributed by atoms with Crippen LogP contribution in [0.25, 0.3) is 0 Å². The quantitative estimate of drug-likeness (QED) is 0.620. The van der Waals surface area contributed by atoms with Gasteiger partial charge in [-0.2, -0.15) is 0 Å². The minimum Gasteiger partial charge on any atom is -0.303 e. The van der Waals surface area contributed by atoms with E-state index in [0.29, 0.717) is 5.92 Å². The molecule has 0 aromatic heterocycles. The number of nitrogens with one attached hydrogen (secondary N) is 1. The molecule has 2 nitrogen and oxygen atoms in total. The van der Waals surface area contributed by atoms with E-state index in [1.807, 2.05) is 0 Å². The van der Waals surface area contributed by atoms with Gasteiger partial charge < -0.3 is 5.32 Å². The first-order valence-electron chi connectivity index (χ1n) is 4.23. The van der Waals surface area contributed by atoms with E-state index in [4.69, 9.17) is 0 Å². The van der Waals surface area contributed by atoms with E-state index >= 15 is 0 Å². The molecule has 0 aromatic rings. The molecule has 1 fully saturated rings. The van der Waals surface area contributed by atoms with Gasteiger partial charge in [-0.1, -0.05) is 24.3 Å². The second kappa shape index (κ2) is 3.20. The predicted octanol–water partition coefficient (Wildman–Crippen LogP) is 0.591. The molecular formula is C9H14N2. The summed E-state index contributed by atoms with van der Waals surface area (Å²) in [5.41, 5.74) is 0. The summed E-state index contributed by atoms with van der Waals surface area (Å²) in [7, 11) is 0. The zero-order valence-corrected chi connectivity index (χ0v) is 6.66. The Hall–Kier alpha value is -0.600. The van der Waals surface area contributed by atoms with Crippen molar-refractivity contribution in [2.45, 2.75) is 0 Å². The standard InChI is InChI=1S/C9H14N2/c1-2-4-9(3-1)7-11-6-5-10-8-11/h1-4,9-10H,5-8H2. The van der Waals surface area contributed by atoms with Gasteiger partial charge in [-0.05, 0) is 0 Å². The monoisotopic (exact) mass is 150 g/mol. The first kappa shape index (κ1) is 7.07. The Kier molecular flexibility index (Phi) is 2.06. The van der Waals surface area contributed by atoms with Crippen LogP contribution >= 0.6 is 0 Å². The van der Waals surface area contributed by atoms with Gasteiger partial charge in [0, 0.05) is 32.2 Å². The molecule has 0 bridgehead atoms. The highest BCUT2D eigenvalue weighted by atomic mass is 15.3. The van der Waals surface area contributed by atoms with E-state index in [-0.39, 0.29) is 0 Å². The van der Waals surface area contributed by atoms with Crippen molar-refractivity contribution in [2.75, 3.05) is 26.3 Å². The summed E-state index contributed by atoms with van der Waals surface area (Å²) in [5, 5.41) is 3.32. The number of nitrogens with zero attached hydrogens (tertiary/aromatic N) is 1. The molecule has 0 spiro atoms. The summed E-state index contributed by atoms with van der Waals surface area (Å²) in [6, 6.07) is 0. The zero-order valence-electron chi connectivity index (χ0n) is 6.66. The molecule has 2 aliphatic rings. The Bertz CT molecular complexity index is 166. The van der Waals surface area contributed by atoms with Gasteiger partial charge in [0.1, 0.15) is 0 Å². The van der Waals surface area contributed by atoms with Crippen LogP contribution in [0.2, 0.25) is 0 Å². The SMILES string of the molecule is C1=CC(CN2CCNC2)C=C1. The van der Waals surface area contributed by atoms with Gasteiger partial charge in [0.05, 0.1) is 0 Å². The topological polar surface area (TPSA) is 15.3 Å². The van der Waals surface area contributed by atoms with E-state index in [1.165, 1.54) is 13.1 Å². The molecule has 60 valence electrons. The number of hydrogen-bond donors (Lipinski definition) is 1. The van der Waals surface area contributed by atoms with Crippen molar-refractivity contribution in [3.8, 4) is 0 Å². The Balaban J connectivity index is 1.80. The minimum absolute atomic E-state index is 0.662. The summed E-state index contributed by atoms with van der Waals surface area (Å²) in [5.74, 6) is 0.662. The van der Waals surface area contributed by atoms with Crippen molar-refractivity contribution < 1.29 is 0 Å². The fourth-order valence-electron chi connectivity index (χ4n) is 1.61. The Morgan fingerprint density at radius 2 is 2.18 bits per heavy atom. The Morgan fingerprint density at radius 3 is 2.82 bits per heavy atom. The fourth-order valence-corrected chi connectivity index (χ4v) is 1.61. The molecule has 1 heterocycles. The maximum absolute atomic E-state index is 3.32. The first-order chi connectivity index (χ1) is 5.45. The van der Waals surface area contributed by atoms with Gasteiger partial charge in [0.25, 0.3) is 0 Å². The van der Waals surface area contributed by atoms with Crippen molar-refractivity contribution >= 4 is 0 Å². The third-order valence-corrected chi connectivity index (χ3v) is 2.24. The second-order valence-electron chi connectivity index (χ2n) is 3.17. The van der Waals surface area contributed by atoms with Crippen LogP contribution < -0.4 is 5.32 Å². The third kappa shape index (κ3) is 1.70. The lowest BCUT2D eigenvalue weighted by atomic mass is 10.1. The molecule has 1 aliphatic carbocycles. The second-order valence-corrected chi connectivity index (χ2v) is 3.17. The van der Waals surface area contributed by atoms with E-state index in [0.717, 1.165) is 13.2 Å². The lowest BCUT2D eigenvalue weighted by Gasteiger charge is -2.15. The predicted molar refractivity (Wildman–Crippen MR) is 46.2 cm³/mol. The summed E-state index contributed by atoms with van der Waals surface area (Å²) >= 11 is 0. The molecule has 11 heavy (non-hydrogen) atoms. The number of allylic oxidation sites excluding steroid dienone is 2. The van der Waals surface area contributed by atoms with E-state index in [2.05, 4.69) is 34.5 Å². The lowest BCUT2D eigenvalue weighted by Crippen LogP contribution is -2.26. The Morgan fingerprint density at radius 1 is 1.36 bits per heavy atom. The van der Waals surface area contributed by atoms with Gasteiger partial charge in [-0.25, -0.2) is 0 Å². The molecule has 1 saturated heterocycles. The van der Waals surface area contributed by atoms with Gasteiger partial charge in [0.2, 0.25) is 0 Å². The van der Waals surface area contributed by atoms with Gasteiger partial charge >= 0.3 is 0 Å². The molecule has 0 unspecified atom stereocenters. The van der Waals surface area contributed by atoms with Crippen LogP contribution in [0.5, 0.6) is 0 Å². The van der Waals surface area contributed by atoms with Crippen molar-refractivity contribution in [3.63, 3.8) is 0 Å². The summed E-state index contributed by atoms with van der Waals surface area (Å²) in [4.78, 5) is 2.45. The third-order valence-electron chi connectivity index (χ3n) is 2.24. The molecule has 2 heteroatoms. The average molecular weight is 150 g/mol. The van der Waals surface area contributed by atoms with Gasteiger partial charge in [-0.3, -0.25) is 4.90 Å². The average Bonchev–Trinajstić information content (AvgIpc) is 2.60. The van der Waals surface area contributed by atoms with Crippen molar-refractivity contribution in [2.24, 2.45) is 5.92 Å². The van der Waals surface area contributed by atoms with Gasteiger partial charge in [0.15, 0.2) is 0 Å². The maximum Gasteiger partial charge on any atom is 0.0481 e. The summed E-state index contributed by atoms with van der Waals surface area (Å²) in [6.07, 6.45) is 8.79. The lowest BCUT2D eigenvalue weighted by molar-refractivity contribution is 0.319. The van der Waals surface area contributed by atoms with Crippen LogP contribution in [0.15, 0.2) is 24.3 Å². The summed E-state index contributed by atoms with van der Waals surface area (Å²) < 4.78 is 0. The zero-order chi connectivity index (χ0) is 7.52. The molecule has 0 aromatic carbocycles. The van der Waals surface area contributed by atoms with Crippen molar-refractivity contribution in [3.05, 3.63) is 24.3 Å². The first-order valence-corrected chi connectivity index (χ1v) is 4.23. The number of hydrogen-bond acceptors (Lipinski definition) is 2. The van der Waals surface area contributed by atoms with Crippen LogP contribution in [0, 0.1) is 5.92 Å². The molecular weight excluding hydrogens is 136 g/mol. The van der Waals surface area contributed by atoms with Crippen LogP contribution in [0.4, 0.5) is 0 Å². The number of rotatable bonds is 2. The molecule has 1 aliphatic heterocycles. The smallest absolute Gasteiger partial charge is 0.0481 e. The highest BCUT2D eigenvalue weighted by molar-refractivity contribution is 5.17. The van der Waals surface area contributed by atoms with Crippen LogP contribution in [0.1, 0.15) is 0 Å². The van der Waals surface area contributed by atoms with Crippen LogP contribution in [-0.4, -0.2) is 31.2 Å². The van der Waals surface area contributed by atoms with E-state index in [1.54, 1.807) is 0 Å². The molecule has 0 radical (unpaired) electrons. The van der Waals surface area contributed by atoms with Crippen LogP contribution in [-0.2, 0) is 0 Å². The highest BCUT2D eigenvalue weighted by Crippen LogP contribution is 2.10. The largest absolute Gasteiger partial charge is 0.303 e. The summed E-state index contributed by atoms with van der Waals surface area (Å²) in [6.45, 7) is 4.61. The maximum atomic E-state index is 3.32. The van der Waals surface area contributed by atoms with Gasteiger partial charge in [-0.15, -0.1) is 0 Å². The molecule has 0 atom stereocenters.